The molecule has 0 saturated heterocycles. The standard InChI is InChI=1S/C12H17O3S/c1-10(13)6-5-8-11-7-3-4-9-12(11)16(2,14)15/h3-4,6-7,9-10,13H,5,8H2,1-2H3/t10-/m0/s1. The van der Waals surface area contributed by atoms with E-state index in [2.05, 4.69) is 0 Å². The van der Waals surface area contributed by atoms with Crippen molar-refractivity contribution in [2.75, 3.05) is 6.26 Å². The van der Waals surface area contributed by atoms with Gasteiger partial charge in [0.05, 0.1) is 11.0 Å². The number of benzene rings is 1. The van der Waals surface area contributed by atoms with Crippen molar-refractivity contribution in [2.24, 2.45) is 0 Å². The third kappa shape index (κ3) is 3.94. The molecule has 1 aromatic rings. The number of aliphatic hydroxyl groups excluding tert-OH is 1. The maximum Gasteiger partial charge on any atom is 0.175 e. The third-order valence-corrected chi connectivity index (χ3v) is 3.49. The molecule has 0 spiro atoms. The zero-order valence-corrected chi connectivity index (χ0v) is 10.4. The number of sulfone groups is 1. The van der Waals surface area contributed by atoms with Gasteiger partial charge in [0.15, 0.2) is 9.84 Å². The SMILES string of the molecule is C[C@H](O)[CH]CCc1ccccc1S(C)(=O)=O. The van der Waals surface area contributed by atoms with E-state index < -0.39 is 15.9 Å². The summed E-state index contributed by atoms with van der Waals surface area (Å²) in [6.07, 6.45) is 3.83. The zero-order valence-electron chi connectivity index (χ0n) is 9.55. The van der Waals surface area contributed by atoms with Crippen LogP contribution in [-0.2, 0) is 16.3 Å². The lowest BCUT2D eigenvalue weighted by molar-refractivity contribution is 0.223. The van der Waals surface area contributed by atoms with Crippen LogP contribution in [0.25, 0.3) is 0 Å². The molecule has 1 radical (unpaired) electrons. The van der Waals surface area contributed by atoms with Crippen LogP contribution in [0.15, 0.2) is 29.2 Å². The van der Waals surface area contributed by atoms with Crippen LogP contribution in [0, 0.1) is 6.42 Å². The summed E-state index contributed by atoms with van der Waals surface area (Å²) in [5.41, 5.74) is 0.807. The van der Waals surface area contributed by atoms with Crippen LogP contribution in [0.5, 0.6) is 0 Å². The molecule has 0 heterocycles. The number of aliphatic hydroxyl groups is 1. The van der Waals surface area contributed by atoms with Crippen molar-refractivity contribution in [3.8, 4) is 0 Å². The normalized spacial score (nSPS) is 13.7. The number of rotatable bonds is 5. The first-order valence-electron chi connectivity index (χ1n) is 5.20. The van der Waals surface area contributed by atoms with Crippen LogP contribution < -0.4 is 0 Å². The second-order valence-corrected chi connectivity index (χ2v) is 5.88. The van der Waals surface area contributed by atoms with Gasteiger partial charge in [0, 0.05) is 6.26 Å². The Kier molecular flexibility index (Phi) is 4.50. The highest BCUT2D eigenvalue weighted by Crippen LogP contribution is 2.17. The highest BCUT2D eigenvalue weighted by atomic mass is 32.2. The van der Waals surface area contributed by atoms with Gasteiger partial charge in [0.2, 0.25) is 0 Å². The van der Waals surface area contributed by atoms with E-state index in [1.165, 1.54) is 6.26 Å². The predicted octanol–water partition coefficient (Wildman–Crippen LogP) is 1.61. The Morgan fingerprint density at radius 3 is 2.56 bits per heavy atom. The second kappa shape index (κ2) is 5.46. The Hall–Kier alpha value is -0.870. The molecule has 1 aromatic carbocycles. The quantitative estimate of drug-likeness (QED) is 0.852. The molecule has 0 saturated carbocycles. The first-order valence-corrected chi connectivity index (χ1v) is 7.10. The number of hydrogen-bond donors (Lipinski definition) is 1. The van der Waals surface area contributed by atoms with Crippen molar-refractivity contribution in [1.82, 2.24) is 0 Å². The molecule has 0 unspecified atom stereocenters. The fourth-order valence-electron chi connectivity index (χ4n) is 1.55. The maximum atomic E-state index is 11.5. The second-order valence-electron chi connectivity index (χ2n) is 3.89. The van der Waals surface area contributed by atoms with Crippen molar-refractivity contribution in [3.63, 3.8) is 0 Å². The summed E-state index contributed by atoms with van der Waals surface area (Å²) in [6.45, 7) is 1.68. The van der Waals surface area contributed by atoms with E-state index in [4.69, 9.17) is 5.11 Å². The van der Waals surface area contributed by atoms with Crippen LogP contribution in [0.1, 0.15) is 18.9 Å². The molecule has 4 heteroatoms. The monoisotopic (exact) mass is 241 g/mol. The van der Waals surface area contributed by atoms with Gasteiger partial charge in [-0.2, -0.15) is 0 Å². The van der Waals surface area contributed by atoms with E-state index in [-0.39, 0.29) is 0 Å². The van der Waals surface area contributed by atoms with Gasteiger partial charge >= 0.3 is 0 Å². The molecule has 0 aliphatic carbocycles. The van der Waals surface area contributed by atoms with Crippen molar-refractivity contribution < 1.29 is 13.5 Å². The Morgan fingerprint density at radius 1 is 1.38 bits per heavy atom. The van der Waals surface area contributed by atoms with E-state index in [1.54, 1.807) is 25.5 Å². The zero-order chi connectivity index (χ0) is 12.2. The molecule has 1 atom stereocenters. The molecule has 0 amide bonds. The summed E-state index contributed by atoms with van der Waals surface area (Å²) in [4.78, 5) is 0.383. The van der Waals surface area contributed by atoms with Gasteiger partial charge in [-0.1, -0.05) is 18.2 Å². The topological polar surface area (TPSA) is 54.4 Å². The van der Waals surface area contributed by atoms with E-state index in [1.807, 2.05) is 12.1 Å². The lowest BCUT2D eigenvalue weighted by atomic mass is 10.1. The molecule has 0 aliphatic heterocycles. The molecule has 0 bridgehead atoms. The van der Waals surface area contributed by atoms with Crippen LogP contribution in [0.2, 0.25) is 0 Å². The van der Waals surface area contributed by atoms with E-state index in [0.29, 0.717) is 17.7 Å². The average Bonchev–Trinajstić information content (AvgIpc) is 2.16. The predicted molar refractivity (Wildman–Crippen MR) is 63.9 cm³/mol. The lowest BCUT2D eigenvalue weighted by Crippen LogP contribution is -2.05. The number of aryl methyl sites for hydroxylation is 1. The molecule has 1 N–H and O–H groups in total. The minimum absolute atomic E-state index is 0.383. The molecule has 0 aromatic heterocycles. The van der Waals surface area contributed by atoms with E-state index in [0.717, 1.165) is 5.56 Å². The van der Waals surface area contributed by atoms with Gasteiger partial charge in [-0.25, -0.2) is 8.42 Å². The molecule has 1 rings (SSSR count). The molecule has 0 fully saturated rings. The summed E-state index contributed by atoms with van der Waals surface area (Å²) in [7, 11) is -3.16. The minimum Gasteiger partial charge on any atom is -0.393 e. The van der Waals surface area contributed by atoms with Crippen molar-refractivity contribution >= 4 is 9.84 Å². The van der Waals surface area contributed by atoms with Crippen LogP contribution in [0.3, 0.4) is 0 Å². The van der Waals surface area contributed by atoms with Crippen molar-refractivity contribution in [1.29, 1.82) is 0 Å². The van der Waals surface area contributed by atoms with Crippen molar-refractivity contribution in [3.05, 3.63) is 36.2 Å². The number of hydrogen-bond acceptors (Lipinski definition) is 3. The van der Waals surface area contributed by atoms with Gasteiger partial charge in [-0.3, -0.25) is 0 Å². The highest BCUT2D eigenvalue weighted by molar-refractivity contribution is 7.90. The fourth-order valence-corrected chi connectivity index (χ4v) is 2.52. The van der Waals surface area contributed by atoms with Gasteiger partial charge in [-0.15, -0.1) is 0 Å². The summed E-state index contributed by atoms with van der Waals surface area (Å²) in [5, 5.41) is 9.09. The Bertz CT molecular complexity index is 435. The summed E-state index contributed by atoms with van der Waals surface area (Å²) < 4.78 is 23.0. The Morgan fingerprint density at radius 2 is 2.00 bits per heavy atom. The first-order chi connectivity index (χ1) is 7.41. The van der Waals surface area contributed by atoms with Crippen LogP contribution >= 0.6 is 0 Å². The van der Waals surface area contributed by atoms with E-state index >= 15 is 0 Å². The molecule has 89 valence electrons. The molecule has 0 aliphatic rings. The summed E-state index contributed by atoms with van der Waals surface area (Å²) >= 11 is 0. The van der Waals surface area contributed by atoms with Crippen LogP contribution in [0.4, 0.5) is 0 Å². The average molecular weight is 241 g/mol. The van der Waals surface area contributed by atoms with Crippen molar-refractivity contribution in [2.45, 2.75) is 30.8 Å². The van der Waals surface area contributed by atoms with Crippen LogP contribution in [-0.4, -0.2) is 25.9 Å². The third-order valence-electron chi connectivity index (χ3n) is 2.29. The van der Waals surface area contributed by atoms with E-state index in [9.17, 15) is 8.42 Å². The summed E-state index contributed by atoms with van der Waals surface area (Å²) in [6, 6.07) is 6.98. The van der Waals surface area contributed by atoms with Gasteiger partial charge in [0.1, 0.15) is 0 Å². The Labute approximate surface area is 97.0 Å². The minimum atomic E-state index is -3.16. The molecule has 16 heavy (non-hydrogen) atoms. The highest BCUT2D eigenvalue weighted by Gasteiger charge is 2.11. The maximum absolute atomic E-state index is 11.5. The smallest absolute Gasteiger partial charge is 0.175 e. The Balaban J connectivity index is 2.80. The molecule has 3 nitrogen and oxygen atoms in total. The fraction of sp³-hybridized carbons (Fsp3) is 0.417. The van der Waals surface area contributed by atoms with Gasteiger partial charge in [0.25, 0.3) is 0 Å². The summed E-state index contributed by atoms with van der Waals surface area (Å²) in [5.74, 6) is 0. The first kappa shape index (κ1) is 13.2. The van der Waals surface area contributed by atoms with Gasteiger partial charge in [-0.05, 0) is 37.8 Å². The van der Waals surface area contributed by atoms with Gasteiger partial charge < -0.3 is 5.11 Å². The largest absolute Gasteiger partial charge is 0.393 e. The molecular formula is C12H17O3S. The molecular weight excluding hydrogens is 224 g/mol. The lowest BCUT2D eigenvalue weighted by Gasteiger charge is -2.08.